The van der Waals surface area contributed by atoms with Crippen LogP contribution >= 0.6 is 11.6 Å². The second kappa shape index (κ2) is 3.86. The number of hydrogen-bond donors (Lipinski definition) is 2. The molecule has 4 rings (SSSR count). The highest BCUT2D eigenvalue weighted by molar-refractivity contribution is 6.24. The first-order valence-corrected chi connectivity index (χ1v) is 6.98. The Morgan fingerprint density at radius 3 is 2.33 bits per heavy atom. The molecule has 0 aliphatic heterocycles. The van der Waals surface area contributed by atoms with Crippen LogP contribution in [-0.2, 0) is 9.59 Å². The Hall–Kier alpha value is -0.770. The topological polar surface area (TPSA) is 66.4 Å². The van der Waals surface area contributed by atoms with Crippen LogP contribution in [0.2, 0.25) is 0 Å². The van der Waals surface area contributed by atoms with Crippen molar-refractivity contribution in [3.8, 4) is 0 Å². The van der Waals surface area contributed by atoms with Crippen LogP contribution in [-0.4, -0.2) is 28.4 Å². The molecule has 100 valence electrons. The minimum Gasteiger partial charge on any atom is -0.480 e. The van der Waals surface area contributed by atoms with Crippen molar-refractivity contribution < 1.29 is 14.7 Å². The standard InChI is InChI=1S/C13H18ClNO3/c14-13-4-8-1-9(5-13)3-12(2-8,7-13)11(18)15-6-10(16)17/h8-9H,1-7H2,(H,15,18)(H,16,17)/t8-,9-,12?,13?/m0/s1. The van der Waals surface area contributed by atoms with E-state index in [-0.39, 0.29) is 22.7 Å². The summed E-state index contributed by atoms with van der Waals surface area (Å²) in [4.78, 5) is 22.7. The van der Waals surface area contributed by atoms with Gasteiger partial charge in [-0.25, -0.2) is 0 Å². The molecule has 4 nitrogen and oxygen atoms in total. The number of carboxylic acids is 1. The van der Waals surface area contributed by atoms with E-state index in [0.29, 0.717) is 11.8 Å². The number of nitrogens with one attached hydrogen (secondary N) is 1. The van der Waals surface area contributed by atoms with Gasteiger partial charge in [-0.2, -0.15) is 0 Å². The lowest BCUT2D eigenvalue weighted by molar-refractivity contribution is -0.147. The van der Waals surface area contributed by atoms with E-state index < -0.39 is 5.97 Å². The fourth-order valence-corrected chi connectivity index (χ4v) is 5.45. The zero-order valence-electron chi connectivity index (χ0n) is 10.2. The zero-order chi connectivity index (χ0) is 13.0. The first kappa shape index (κ1) is 12.3. The average molecular weight is 272 g/mol. The molecule has 5 heteroatoms. The van der Waals surface area contributed by atoms with Gasteiger partial charge in [0.05, 0.1) is 5.41 Å². The molecule has 4 bridgehead atoms. The quantitative estimate of drug-likeness (QED) is 0.769. The first-order valence-electron chi connectivity index (χ1n) is 6.60. The minimum absolute atomic E-state index is 0.0935. The SMILES string of the molecule is O=C(O)CNC(=O)C12C[C@@H]3C[C@H](CC(Cl)(C3)C1)C2. The highest BCUT2D eigenvalue weighted by atomic mass is 35.5. The number of alkyl halides is 1. The molecule has 0 aromatic heterocycles. The number of rotatable bonds is 3. The van der Waals surface area contributed by atoms with Crippen LogP contribution in [0.1, 0.15) is 38.5 Å². The maximum Gasteiger partial charge on any atom is 0.322 e. The van der Waals surface area contributed by atoms with Gasteiger partial charge in [-0.05, 0) is 50.4 Å². The number of aliphatic carboxylic acids is 1. The van der Waals surface area contributed by atoms with Crippen LogP contribution in [0.15, 0.2) is 0 Å². The van der Waals surface area contributed by atoms with E-state index in [1.54, 1.807) is 0 Å². The maximum atomic E-state index is 12.3. The van der Waals surface area contributed by atoms with Crippen LogP contribution < -0.4 is 5.32 Å². The van der Waals surface area contributed by atoms with Gasteiger partial charge in [-0.3, -0.25) is 9.59 Å². The normalized spacial score (nSPS) is 44.9. The minimum atomic E-state index is -0.992. The number of carbonyl (C=O) groups is 2. The molecule has 1 amide bonds. The van der Waals surface area contributed by atoms with Gasteiger partial charge in [0.2, 0.25) is 5.91 Å². The molecule has 2 N–H and O–H groups in total. The Bertz CT molecular complexity index is 395. The maximum absolute atomic E-state index is 12.3. The molecule has 0 radical (unpaired) electrons. The van der Waals surface area contributed by atoms with Crippen molar-refractivity contribution in [2.45, 2.75) is 43.4 Å². The molecule has 0 aromatic rings. The lowest BCUT2D eigenvalue weighted by Crippen LogP contribution is -2.58. The summed E-state index contributed by atoms with van der Waals surface area (Å²) in [6, 6.07) is 0. The van der Waals surface area contributed by atoms with E-state index in [9.17, 15) is 9.59 Å². The molecule has 0 unspecified atom stereocenters. The highest BCUT2D eigenvalue weighted by Crippen LogP contribution is 2.63. The van der Waals surface area contributed by atoms with Crippen molar-refractivity contribution in [2.24, 2.45) is 17.3 Å². The third kappa shape index (κ3) is 1.91. The van der Waals surface area contributed by atoms with E-state index in [2.05, 4.69) is 5.32 Å². The number of carboxylic acid groups (broad SMARTS) is 1. The summed E-state index contributed by atoms with van der Waals surface area (Å²) >= 11 is 6.63. The summed E-state index contributed by atoms with van der Waals surface area (Å²) in [5.74, 6) is 0.0244. The van der Waals surface area contributed by atoms with Gasteiger partial charge in [0.15, 0.2) is 0 Å². The second-order valence-corrected chi connectivity index (χ2v) is 7.27. The summed E-state index contributed by atoms with van der Waals surface area (Å²) in [5.41, 5.74) is -0.388. The van der Waals surface area contributed by atoms with E-state index in [1.807, 2.05) is 0 Å². The highest BCUT2D eigenvalue weighted by Gasteiger charge is 2.59. The van der Waals surface area contributed by atoms with E-state index >= 15 is 0 Å². The van der Waals surface area contributed by atoms with Crippen molar-refractivity contribution in [3.05, 3.63) is 0 Å². The van der Waals surface area contributed by atoms with Gasteiger partial charge >= 0.3 is 5.97 Å². The number of carbonyl (C=O) groups excluding carboxylic acids is 1. The summed E-state index contributed by atoms with van der Waals surface area (Å²) < 4.78 is 0. The Labute approximate surface area is 111 Å². The van der Waals surface area contributed by atoms with Crippen molar-refractivity contribution in [2.75, 3.05) is 6.54 Å². The molecule has 4 saturated carbocycles. The molecular weight excluding hydrogens is 254 g/mol. The van der Waals surface area contributed by atoms with Gasteiger partial charge in [0.25, 0.3) is 0 Å². The number of halogens is 1. The van der Waals surface area contributed by atoms with Gasteiger partial charge in [0.1, 0.15) is 6.54 Å². The summed E-state index contributed by atoms with van der Waals surface area (Å²) in [6.45, 7) is -0.287. The Morgan fingerprint density at radius 1 is 1.22 bits per heavy atom. The second-order valence-electron chi connectivity index (χ2n) is 6.47. The van der Waals surface area contributed by atoms with E-state index in [4.69, 9.17) is 16.7 Å². The third-order valence-electron chi connectivity index (χ3n) is 4.87. The zero-order valence-corrected chi connectivity index (χ0v) is 11.0. The van der Waals surface area contributed by atoms with Gasteiger partial charge in [0, 0.05) is 4.87 Å². The molecule has 0 aromatic carbocycles. The van der Waals surface area contributed by atoms with Crippen molar-refractivity contribution >= 4 is 23.5 Å². The summed E-state index contributed by atoms with van der Waals surface area (Å²) in [7, 11) is 0. The van der Waals surface area contributed by atoms with Crippen LogP contribution in [0.25, 0.3) is 0 Å². The lowest BCUT2D eigenvalue weighted by Gasteiger charge is -2.59. The predicted octanol–water partition coefficient (Wildman–Crippen LogP) is 1.76. The van der Waals surface area contributed by atoms with Crippen LogP contribution in [0.3, 0.4) is 0 Å². The monoisotopic (exact) mass is 271 g/mol. The molecule has 4 aliphatic carbocycles. The van der Waals surface area contributed by atoms with Crippen molar-refractivity contribution in [1.29, 1.82) is 0 Å². The summed E-state index contributed by atoms with van der Waals surface area (Å²) in [6.07, 6.45) is 5.76. The third-order valence-corrected chi connectivity index (χ3v) is 5.31. The molecule has 0 saturated heterocycles. The van der Waals surface area contributed by atoms with Crippen LogP contribution in [0, 0.1) is 17.3 Å². The average Bonchev–Trinajstić information content (AvgIpc) is 2.22. The number of amides is 1. The van der Waals surface area contributed by atoms with Crippen molar-refractivity contribution in [1.82, 2.24) is 5.32 Å². The molecule has 2 atom stereocenters. The van der Waals surface area contributed by atoms with E-state index in [0.717, 1.165) is 32.1 Å². The number of hydrogen-bond acceptors (Lipinski definition) is 2. The molecular formula is C13H18ClNO3. The van der Waals surface area contributed by atoms with E-state index in [1.165, 1.54) is 6.42 Å². The first-order chi connectivity index (χ1) is 8.41. The summed E-state index contributed by atoms with van der Waals surface area (Å²) in [5, 5.41) is 11.2. The van der Waals surface area contributed by atoms with Gasteiger partial charge in [-0.1, -0.05) is 0 Å². The lowest BCUT2D eigenvalue weighted by atomic mass is 9.49. The van der Waals surface area contributed by atoms with Gasteiger partial charge < -0.3 is 10.4 Å². The molecule has 4 aliphatic rings. The smallest absolute Gasteiger partial charge is 0.322 e. The Kier molecular flexibility index (Phi) is 2.63. The molecule has 0 spiro atoms. The Morgan fingerprint density at radius 2 is 1.83 bits per heavy atom. The van der Waals surface area contributed by atoms with Gasteiger partial charge in [-0.15, -0.1) is 11.6 Å². The Balaban J connectivity index is 1.78. The fourth-order valence-electron chi connectivity index (χ4n) is 4.76. The molecule has 18 heavy (non-hydrogen) atoms. The largest absolute Gasteiger partial charge is 0.480 e. The fraction of sp³-hybridized carbons (Fsp3) is 0.846. The predicted molar refractivity (Wildman–Crippen MR) is 66.3 cm³/mol. The van der Waals surface area contributed by atoms with Crippen LogP contribution in [0.4, 0.5) is 0 Å². The van der Waals surface area contributed by atoms with Crippen LogP contribution in [0.5, 0.6) is 0 Å². The molecule has 0 heterocycles. The van der Waals surface area contributed by atoms with Crippen molar-refractivity contribution in [3.63, 3.8) is 0 Å². The molecule has 4 fully saturated rings.